The van der Waals surface area contributed by atoms with Gasteiger partial charge in [-0.3, -0.25) is 24.4 Å². The number of aromatic nitrogens is 3. The molecule has 1 unspecified atom stereocenters. The van der Waals surface area contributed by atoms with Gasteiger partial charge in [0.1, 0.15) is 0 Å². The molecule has 2 aromatic heterocycles. The minimum Gasteiger partial charge on any atom is -0.348 e. The van der Waals surface area contributed by atoms with Crippen LogP contribution in [0.4, 0.5) is 5.69 Å². The fourth-order valence-corrected chi connectivity index (χ4v) is 3.07. The highest BCUT2D eigenvalue weighted by Crippen LogP contribution is 2.20. The Morgan fingerprint density at radius 2 is 2.00 bits per heavy atom. The van der Waals surface area contributed by atoms with E-state index in [2.05, 4.69) is 15.4 Å². The van der Waals surface area contributed by atoms with E-state index in [1.54, 1.807) is 29.9 Å². The van der Waals surface area contributed by atoms with Gasteiger partial charge < -0.3 is 10.3 Å². The van der Waals surface area contributed by atoms with Crippen molar-refractivity contribution in [3.63, 3.8) is 0 Å². The van der Waals surface area contributed by atoms with Crippen LogP contribution in [-0.2, 0) is 6.54 Å². The number of carbonyl (C=O) groups is 1. The van der Waals surface area contributed by atoms with Crippen molar-refractivity contribution in [1.82, 2.24) is 20.1 Å². The van der Waals surface area contributed by atoms with Gasteiger partial charge in [-0.05, 0) is 38.0 Å². The van der Waals surface area contributed by atoms with Gasteiger partial charge in [0.25, 0.3) is 17.2 Å². The number of nitrogens with one attached hydrogen (secondary N) is 2. The summed E-state index contributed by atoms with van der Waals surface area (Å²) in [5.74, 6) is -0.341. The summed E-state index contributed by atoms with van der Waals surface area (Å²) in [6, 6.07) is 7.84. The third-order valence-electron chi connectivity index (χ3n) is 4.77. The van der Waals surface area contributed by atoms with Gasteiger partial charge in [0.15, 0.2) is 0 Å². The predicted octanol–water partition coefficient (Wildman–Crippen LogP) is 2.64. The van der Waals surface area contributed by atoms with Gasteiger partial charge >= 0.3 is 0 Å². The smallest absolute Gasteiger partial charge is 0.269 e. The van der Waals surface area contributed by atoms with Crippen LogP contribution in [0.15, 0.2) is 47.5 Å². The minimum atomic E-state index is -0.453. The first-order valence-corrected chi connectivity index (χ1v) is 9.02. The van der Waals surface area contributed by atoms with Gasteiger partial charge in [-0.2, -0.15) is 5.10 Å². The number of carbonyl (C=O) groups excluding carboxylic acids is 1. The number of aryl methyl sites for hydroxylation is 2. The lowest BCUT2D eigenvalue weighted by Crippen LogP contribution is -2.27. The molecule has 3 rings (SSSR count). The second-order valence-corrected chi connectivity index (χ2v) is 6.86. The molecule has 0 aliphatic rings. The monoisotopic (exact) mass is 395 g/mol. The van der Waals surface area contributed by atoms with Crippen LogP contribution in [0.1, 0.15) is 45.7 Å². The fraction of sp³-hybridized carbons (Fsp3) is 0.250. The highest BCUT2D eigenvalue weighted by molar-refractivity contribution is 5.93. The van der Waals surface area contributed by atoms with Crippen molar-refractivity contribution in [3.8, 4) is 0 Å². The Labute approximate surface area is 166 Å². The largest absolute Gasteiger partial charge is 0.348 e. The van der Waals surface area contributed by atoms with E-state index in [4.69, 9.17) is 0 Å². The van der Waals surface area contributed by atoms with E-state index >= 15 is 0 Å². The first-order chi connectivity index (χ1) is 13.8. The third kappa shape index (κ3) is 4.40. The fourth-order valence-electron chi connectivity index (χ4n) is 3.07. The highest BCUT2D eigenvalue weighted by Gasteiger charge is 2.15. The molecule has 0 saturated carbocycles. The molecule has 1 aromatic carbocycles. The quantitative estimate of drug-likeness (QED) is 0.491. The number of nitro benzene ring substituents is 1. The Kier molecular flexibility index (Phi) is 5.58. The first-order valence-electron chi connectivity index (χ1n) is 9.02. The molecule has 2 heterocycles. The Morgan fingerprint density at radius 3 is 2.62 bits per heavy atom. The maximum absolute atomic E-state index is 12.4. The van der Waals surface area contributed by atoms with Gasteiger partial charge in [-0.25, -0.2) is 0 Å². The number of H-pyrrole nitrogens is 1. The maximum Gasteiger partial charge on any atom is 0.269 e. The van der Waals surface area contributed by atoms with Crippen LogP contribution in [0.3, 0.4) is 0 Å². The molecule has 0 saturated heterocycles. The molecule has 0 bridgehead atoms. The van der Waals surface area contributed by atoms with Crippen molar-refractivity contribution in [2.24, 2.45) is 0 Å². The molecular weight excluding hydrogens is 374 g/mol. The number of benzene rings is 1. The average molecular weight is 395 g/mol. The maximum atomic E-state index is 12.4. The number of aromatic amines is 1. The molecule has 150 valence electrons. The Hall–Kier alpha value is -3.75. The van der Waals surface area contributed by atoms with Crippen LogP contribution >= 0.6 is 0 Å². The molecule has 0 spiro atoms. The van der Waals surface area contributed by atoms with Gasteiger partial charge in [0, 0.05) is 36.1 Å². The van der Waals surface area contributed by atoms with Crippen molar-refractivity contribution in [2.45, 2.75) is 33.4 Å². The number of nitrogens with zero attached hydrogens (tertiary/aromatic N) is 3. The molecule has 9 nitrogen and oxygen atoms in total. The van der Waals surface area contributed by atoms with Crippen molar-refractivity contribution in [2.75, 3.05) is 0 Å². The summed E-state index contributed by atoms with van der Waals surface area (Å²) >= 11 is 0. The van der Waals surface area contributed by atoms with E-state index in [-0.39, 0.29) is 29.7 Å². The zero-order valence-corrected chi connectivity index (χ0v) is 16.3. The topological polar surface area (TPSA) is 123 Å². The second-order valence-electron chi connectivity index (χ2n) is 6.86. The summed E-state index contributed by atoms with van der Waals surface area (Å²) in [6.07, 6.45) is 3.05. The van der Waals surface area contributed by atoms with Crippen LogP contribution < -0.4 is 10.9 Å². The zero-order valence-electron chi connectivity index (χ0n) is 16.3. The van der Waals surface area contributed by atoms with E-state index < -0.39 is 4.92 Å². The number of hydrogen-bond donors (Lipinski definition) is 2. The Balaban J connectivity index is 1.70. The van der Waals surface area contributed by atoms with Crippen LogP contribution in [0.5, 0.6) is 0 Å². The second kappa shape index (κ2) is 8.09. The van der Waals surface area contributed by atoms with Gasteiger partial charge in [-0.1, -0.05) is 12.1 Å². The van der Waals surface area contributed by atoms with E-state index in [0.29, 0.717) is 11.1 Å². The predicted molar refractivity (Wildman–Crippen MR) is 107 cm³/mol. The van der Waals surface area contributed by atoms with Crippen molar-refractivity contribution in [3.05, 3.63) is 91.1 Å². The molecule has 3 aromatic rings. The lowest BCUT2D eigenvalue weighted by molar-refractivity contribution is -0.384. The Morgan fingerprint density at radius 1 is 1.31 bits per heavy atom. The van der Waals surface area contributed by atoms with Crippen molar-refractivity contribution >= 4 is 11.6 Å². The summed E-state index contributed by atoms with van der Waals surface area (Å²) in [6.45, 7) is 5.62. The number of nitro groups is 1. The molecule has 29 heavy (non-hydrogen) atoms. The number of non-ortho nitro benzene ring substituents is 1. The van der Waals surface area contributed by atoms with Crippen LogP contribution in [0.2, 0.25) is 0 Å². The number of amides is 1. The molecule has 0 aliphatic carbocycles. The van der Waals surface area contributed by atoms with Gasteiger partial charge in [0.05, 0.1) is 22.7 Å². The molecule has 0 radical (unpaired) electrons. The number of pyridine rings is 1. The van der Waals surface area contributed by atoms with Gasteiger partial charge in [-0.15, -0.1) is 0 Å². The summed E-state index contributed by atoms with van der Waals surface area (Å²) in [5.41, 5.74) is 3.08. The van der Waals surface area contributed by atoms with Gasteiger partial charge in [0.2, 0.25) is 0 Å². The number of rotatable bonds is 6. The summed E-state index contributed by atoms with van der Waals surface area (Å²) in [5, 5.41) is 17.7. The first kappa shape index (κ1) is 20.0. The molecule has 1 amide bonds. The third-order valence-corrected chi connectivity index (χ3v) is 4.77. The average Bonchev–Trinajstić information content (AvgIpc) is 3.16. The lowest BCUT2D eigenvalue weighted by atomic mass is 10.1. The summed E-state index contributed by atoms with van der Waals surface area (Å²) < 4.78 is 1.61. The standard InChI is InChI=1S/C20H21N5O4/c1-12-8-13(2)23-20(27)18(12)10-21-19(26)16-9-22-24(11-16)14(3)15-4-6-17(7-5-15)25(28)29/h4-9,11,14H,10H2,1-3H3,(H,21,26)(H,23,27). The van der Waals surface area contributed by atoms with Crippen molar-refractivity contribution in [1.29, 1.82) is 0 Å². The molecule has 0 fully saturated rings. The zero-order chi connectivity index (χ0) is 21.1. The normalized spacial score (nSPS) is 11.8. The highest BCUT2D eigenvalue weighted by atomic mass is 16.6. The Bertz CT molecular complexity index is 1110. The molecular formula is C20H21N5O4. The molecule has 0 aliphatic heterocycles. The van der Waals surface area contributed by atoms with E-state index in [9.17, 15) is 19.7 Å². The SMILES string of the molecule is Cc1cc(C)c(CNC(=O)c2cnn(C(C)c3ccc([N+](=O)[O-])cc3)c2)c(=O)[nH]1. The molecule has 2 N–H and O–H groups in total. The van der Waals surface area contributed by atoms with Crippen LogP contribution in [0, 0.1) is 24.0 Å². The summed E-state index contributed by atoms with van der Waals surface area (Å²) in [7, 11) is 0. The molecule has 1 atom stereocenters. The van der Waals surface area contributed by atoms with E-state index in [1.165, 1.54) is 18.3 Å². The van der Waals surface area contributed by atoms with E-state index in [0.717, 1.165) is 16.8 Å². The van der Waals surface area contributed by atoms with E-state index in [1.807, 2.05) is 19.9 Å². The van der Waals surface area contributed by atoms with Crippen LogP contribution in [0.25, 0.3) is 0 Å². The van der Waals surface area contributed by atoms with Crippen molar-refractivity contribution < 1.29 is 9.72 Å². The minimum absolute atomic E-state index is 0.0165. The van der Waals surface area contributed by atoms with Crippen LogP contribution in [-0.4, -0.2) is 25.6 Å². The lowest BCUT2D eigenvalue weighted by Gasteiger charge is -2.12. The summed E-state index contributed by atoms with van der Waals surface area (Å²) in [4.78, 5) is 37.6. The number of hydrogen-bond acceptors (Lipinski definition) is 5. The molecule has 9 heteroatoms.